The van der Waals surface area contributed by atoms with Gasteiger partial charge in [-0.05, 0) is 57.0 Å². The first kappa shape index (κ1) is 19.6. The molecule has 0 aliphatic rings. The van der Waals surface area contributed by atoms with E-state index in [2.05, 4.69) is 5.32 Å². The summed E-state index contributed by atoms with van der Waals surface area (Å²) in [7, 11) is 0. The second-order valence-electron chi connectivity index (χ2n) is 7.25. The molecule has 1 amide bonds. The molecule has 0 fully saturated rings. The summed E-state index contributed by atoms with van der Waals surface area (Å²) < 4.78 is 2.52. The molecule has 2 aromatic carbocycles. The molecule has 6 nitrogen and oxygen atoms in total. The zero-order valence-electron chi connectivity index (χ0n) is 16.7. The number of hydrogen-bond donors (Lipinski definition) is 1. The Balaban J connectivity index is 2.26. The normalized spacial score (nSPS) is 12.1. The van der Waals surface area contributed by atoms with E-state index in [0.717, 1.165) is 22.1 Å². The van der Waals surface area contributed by atoms with Gasteiger partial charge in [-0.15, -0.1) is 0 Å². The predicted molar refractivity (Wildman–Crippen MR) is 111 cm³/mol. The van der Waals surface area contributed by atoms with E-state index in [0.29, 0.717) is 16.6 Å². The minimum Gasteiger partial charge on any atom is -0.352 e. The smallest absolute Gasteiger partial charge is 0.336 e. The maximum Gasteiger partial charge on any atom is 0.336 e. The van der Waals surface area contributed by atoms with E-state index >= 15 is 0 Å². The summed E-state index contributed by atoms with van der Waals surface area (Å²) >= 11 is 0. The van der Waals surface area contributed by atoms with Gasteiger partial charge in [0.15, 0.2) is 0 Å². The van der Waals surface area contributed by atoms with Gasteiger partial charge in [0.05, 0.1) is 16.6 Å². The lowest BCUT2D eigenvalue weighted by atomic mass is 10.1. The topological polar surface area (TPSA) is 73.1 Å². The van der Waals surface area contributed by atoms with Crippen LogP contribution in [0.3, 0.4) is 0 Å². The maximum atomic E-state index is 13.2. The molecule has 0 saturated carbocycles. The molecule has 6 heteroatoms. The van der Waals surface area contributed by atoms with Gasteiger partial charge in [-0.2, -0.15) is 0 Å². The van der Waals surface area contributed by atoms with Crippen molar-refractivity contribution in [3.8, 4) is 5.69 Å². The number of aryl methyl sites for hydroxylation is 2. The second kappa shape index (κ2) is 7.84. The van der Waals surface area contributed by atoms with Crippen molar-refractivity contribution in [2.24, 2.45) is 0 Å². The standard InChI is InChI=1S/C22H25N3O3/c1-5-16(4)23-20(26)13-24-19-10-9-15(3)12-18(19)21(27)25(22(24)28)17-8-6-7-14(2)11-17/h6-12,16H,5,13H2,1-4H3,(H,23,26)/t16-/m0/s1. The zero-order valence-corrected chi connectivity index (χ0v) is 16.7. The molecule has 0 aliphatic heterocycles. The Morgan fingerprint density at radius 2 is 1.79 bits per heavy atom. The van der Waals surface area contributed by atoms with E-state index in [9.17, 15) is 14.4 Å². The van der Waals surface area contributed by atoms with Crippen molar-refractivity contribution < 1.29 is 4.79 Å². The van der Waals surface area contributed by atoms with Crippen molar-refractivity contribution in [3.63, 3.8) is 0 Å². The molecule has 1 atom stereocenters. The van der Waals surface area contributed by atoms with Crippen molar-refractivity contribution in [1.29, 1.82) is 0 Å². The predicted octanol–water partition coefficient (Wildman–Crippen LogP) is 2.68. The van der Waals surface area contributed by atoms with Crippen LogP contribution in [0.25, 0.3) is 16.6 Å². The van der Waals surface area contributed by atoms with Crippen LogP contribution < -0.4 is 16.6 Å². The Hall–Kier alpha value is -3.15. The van der Waals surface area contributed by atoms with E-state index in [1.165, 1.54) is 4.57 Å². The highest BCUT2D eigenvalue weighted by Crippen LogP contribution is 2.13. The molecular weight excluding hydrogens is 354 g/mol. The summed E-state index contributed by atoms with van der Waals surface area (Å²) in [6.45, 7) is 7.54. The number of carbonyl (C=O) groups excluding carboxylic acids is 1. The first-order valence-electron chi connectivity index (χ1n) is 9.44. The summed E-state index contributed by atoms with van der Waals surface area (Å²) in [4.78, 5) is 38.8. The molecular formula is C22H25N3O3. The van der Waals surface area contributed by atoms with Crippen LogP contribution in [-0.4, -0.2) is 21.1 Å². The monoisotopic (exact) mass is 379 g/mol. The number of hydrogen-bond acceptors (Lipinski definition) is 3. The molecule has 0 unspecified atom stereocenters. The van der Waals surface area contributed by atoms with Gasteiger partial charge in [-0.25, -0.2) is 9.36 Å². The molecule has 28 heavy (non-hydrogen) atoms. The molecule has 0 radical (unpaired) electrons. The molecule has 1 heterocycles. The third-order valence-corrected chi connectivity index (χ3v) is 4.88. The number of carbonyl (C=O) groups is 1. The number of benzene rings is 2. The van der Waals surface area contributed by atoms with E-state index in [1.54, 1.807) is 30.3 Å². The Morgan fingerprint density at radius 3 is 2.46 bits per heavy atom. The fourth-order valence-electron chi connectivity index (χ4n) is 3.20. The molecule has 1 aromatic heterocycles. The first-order chi connectivity index (χ1) is 13.3. The van der Waals surface area contributed by atoms with Crippen molar-refractivity contribution in [3.05, 3.63) is 74.4 Å². The number of aromatic nitrogens is 2. The number of nitrogens with zero attached hydrogens (tertiary/aromatic N) is 2. The quantitative estimate of drug-likeness (QED) is 0.741. The average molecular weight is 379 g/mol. The second-order valence-corrected chi connectivity index (χ2v) is 7.25. The SMILES string of the molecule is CC[C@H](C)NC(=O)Cn1c(=O)n(-c2cccc(C)c2)c(=O)c2cc(C)ccc21. The van der Waals surface area contributed by atoms with E-state index in [4.69, 9.17) is 0 Å². The Bertz CT molecular complexity index is 1160. The third-order valence-electron chi connectivity index (χ3n) is 4.88. The highest BCUT2D eigenvalue weighted by atomic mass is 16.2. The van der Waals surface area contributed by atoms with Gasteiger partial charge in [0.2, 0.25) is 5.91 Å². The summed E-state index contributed by atoms with van der Waals surface area (Å²) in [6, 6.07) is 12.5. The van der Waals surface area contributed by atoms with Gasteiger partial charge in [0, 0.05) is 6.04 Å². The van der Waals surface area contributed by atoms with Crippen LogP contribution in [0.2, 0.25) is 0 Å². The highest BCUT2D eigenvalue weighted by Gasteiger charge is 2.17. The molecule has 0 bridgehead atoms. The minimum absolute atomic E-state index is 0.0133. The number of amides is 1. The summed E-state index contributed by atoms with van der Waals surface area (Å²) in [5.41, 5.74) is 1.90. The lowest BCUT2D eigenvalue weighted by molar-refractivity contribution is -0.122. The van der Waals surface area contributed by atoms with Gasteiger partial charge in [0.1, 0.15) is 6.54 Å². The largest absolute Gasteiger partial charge is 0.352 e. The van der Waals surface area contributed by atoms with Crippen LogP contribution in [0.5, 0.6) is 0 Å². The maximum absolute atomic E-state index is 13.2. The van der Waals surface area contributed by atoms with Crippen molar-refractivity contribution in [1.82, 2.24) is 14.5 Å². The van der Waals surface area contributed by atoms with Crippen molar-refractivity contribution in [2.45, 2.75) is 46.7 Å². The van der Waals surface area contributed by atoms with Crippen LogP contribution in [0.15, 0.2) is 52.1 Å². The van der Waals surface area contributed by atoms with Crippen molar-refractivity contribution in [2.75, 3.05) is 0 Å². The lowest BCUT2D eigenvalue weighted by Gasteiger charge is -2.16. The zero-order chi connectivity index (χ0) is 20.4. The highest BCUT2D eigenvalue weighted by molar-refractivity contribution is 5.82. The van der Waals surface area contributed by atoms with E-state index in [1.807, 2.05) is 39.8 Å². The molecule has 3 rings (SSSR count). The third kappa shape index (κ3) is 3.76. The van der Waals surface area contributed by atoms with Crippen molar-refractivity contribution >= 4 is 16.8 Å². The molecule has 0 saturated heterocycles. The van der Waals surface area contributed by atoms with Crippen LogP contribution in [0.1, 0.15) is 31.4 Å². The van der Waals surface area contributed by atoms with Crippen LogP contribution in [0, 0.1) is 13.8 Å². The van der Waals surface area contributed by atoms with Gasteiger partial charge < -0.3 is 5.32 Å². The molecule has 0 spiro atoms. The number of fused-ring (bicyclic) bond motifs is 1. The molecule has 146 valence electrons. The first-order valence-corrected chi connectivity index (χ1v) is 9.44. The van der Waals surface area contributed by atoms with E-state index < -0.39 is 5.69 Å². The Morgan fingerprint density at radius 1 is 1.07 bits per heavy atom. The molecule has 3 aromatic rings. The van der Waals surface area contributed by atoms with E-state index in [-0.39, 0.29) is 24.1 Å². The molecule has 1 N–H and O–H groups in total. The van der Waals surface area contributed by atoms with Crippen LogP contribution >= 0.6 is 0 Å². The lowest BCUT2D eigenvalue weighted by Crippen LogP contribution is -2.43. The fraction of sp³-hybridized carbons (Fsp3) is 0.318. The van der Waals surface area contributed by atoms with Crippen LogP contribution in [-0.2, 0) is 11.3 Å². The summed E-state index contributed by atoms with van der Waals surface area (Å²) in [5.74, 6) is -0.257. The minimum atomic E-state index is -0.522. The average Bonchev–Trinajstić information content (AvgIpc) is 2.65. The number of rotatable bonds is 5. The van der Waals surface area contributed by atoms with Crippen LogP contribution in [0.4, 0.5) is 0 Å². The van der Waals surface area contributed by atoms with Gasteiger partial charge in [0.25, 0.3) is 5.56 Å². The van der Waals surface area contributed by atoms with Gasteiger partial charge in [-0.3, -0.25) is 14.2 Å². The summed E-state index contributed by atoms with van der Waals surface area (Å²) in [6.07, 6.45) is 0.795. The Kier molecular flexibility index (Phi) is 5.49. The summed E-state index contributed by atoms with van der Waals surface area (Å²) in [5, 5.41) is 3.29. The molecule has 0 aliphatic carbocycles. The van der Waals surface area contributed by atoms with Gasteiger partial charge >= 0.3 is 5.69 Å². The Labute approximate surface area is 163 Å². The number of nitrogens with one attached hydrogen (secondary N) is 1. The fourth-order valence-corrected chi connectivity index (χ4v) is 3.20. The van der Waals surface area contributed by atoms with Gasteiger partial charge in [-0.1, -0.05) is 30.7 Å².